The summed E-state index contributed by atoms with van der Waals surface area (Å²) >= 11 is 9.66. The zero-order valence-corrected chi connectivity index (χ0v) is 17.8. The van der Waals surface area contributed by atoms with E-state index >= 15 is 0 Å². The average Bonchev–Trinajstić information content (AvgIpc) is 2.62. The maximum atomic E-state index is 13.0. The van der Waals surface area contributed by atoms with Crippen LogP contribution in [0.15, 0.2) is 51.8 Å². The van der Waals surface area contributed by atoms with Crippen LogP contribution in [0.5, 0.6) is 0 Å². The molecule has 5 nitrogen and oxygen atoms in total. The largest absolute Gasteiger partial charge is 0.381 e. The third kappa shape index (κ3) is 4.54. The summed E-state index contributed by atoms with van der Waals surface area (Å²) in [5.41, 5.74) is 0.494. The van der Waals surface area contributed by atoms with E-state index in [1.165, 1.54) is 18.2 Å². The second kappa shape index (κ2) is 7.91. The number of benzene rings is 2. The van der Waals surface area contributed by atoms with Crippen molar-refractivity contribution in [2.75, 3.05) is 19.5 Å². The zero-order valence-electron chi connectivity index (χ0n) is 14.7. The fourth-order valence-electron chi connectivity index (χ4n) is 3.19. The van der Waals surface area contributed by atoms with E-state index < -0.39 is 21.3 Å². The van der Waals surface area contributed by atoms with Gasteiger partial charge in [0.25, 0.3) is 5.91 Å². The van der Waals surface area contributed by atoms with E-state index in [0.717, 1.165) is 16.3 Å². The van der Waals surface area contributed by atoms with Gasteiger partial charge in [0.2, 0.25) is 0 Å². The van der Waals surface area contributed by atoms with Crippen molar-refractivity contribution >= 4 is 43.3 Å². The van der Waals surface area contributed by atoms with Gasteiger partial charge in [-0.15, -0.1) is 0 Å². The van der Waals surface area contributed by atoms with Crippen molar-refractivity contribution in [3.63, 3.8) is 0 Å². The number of halogens is 2. The molecule has 1 saturated heterocycles. The summed E-state index contributed by atoms with van der Waals surface area (Å²) in [5.74, 6) is -0.410. The average molecular weight is 473 g/mol. The molecule has 0 aliphatic carbocycles. The van der Waals surface area contributed by atoms with E-state index in [9.17, 15) is 13.2 Å². The molecule has 2 aromatic rings. The van der Waals surface area contributed by atoms with Crippen molar-refractivity contribution in [3.8, 4) is 0 Å². The monoisotopic (exact) mass is 471 g/mol. The second-order valence-corrected chi connectivity index (χ2v) is 9.91. The molecular weight excluding hydrogens is 454 g/mol. The summed E-state index contributed by atoms with van der Waals surface area (Å²) in [7, 11) is -3.45. The molecule has 0 aromatic heterocycles. The first-order valence-electron chi connectivity index (χ1n) is 8.37. The Morgan fingerprint density at radius 3 is 2.52 bits per heavy atom. The van der Waals surface area contributed by atoms with Gasteiger partial charge in [-0.1, -0.05) is 39.7 Å². The molecular formula is C19H19BrClNO4S. The van der Waals surface area contributed by atoms with Crippen molar-refractivity contribution in [3.05, 3.63) is 63.1 Å². The molecule has 0 atom stereocenters. The van der Waals surface area contributed by atoms with Crippen LogP contribution in [0, 0.1) is 0 Å². The molecule has 0 spiro atoms. The van der Waals surface area contributed by atoms with Crippen LogP contribution >= 0.6 is 27.5 Å². The molecule has 0 bridgehead atoms. The van der Waals surface area contributed by atoms with Gasteiger partial charge in [-0.2, -0.15) is 0 Å². The Labute approximate surface area is 172 Å². The molecule has 0 unspecified atom stereocenters. The van der Waals surface area contributed by atoms with Crippen LogP contribution in [0.1, 0.15) is 28.8 Å². The molecule has 1 N–H and O–H groups in total. The lowest BCUT2D eigenvalue weighted by atomic mass is 9.82. The van der Waals surface area contributed by atoms with Crippen LogP contribution in [-0.4, -0.2) is 33.8 Å². The number of ether oxygens (including phenoxy) is 1. The van der Waals surface area contributed by atoms with Crippen LogP contribution in [0.3, 0.4) is 0 Å². The maximum absolute atomic E-state index is 13.0. The third-order valence-corrected chi connectivity index (χ3v) is 6.62. The first-order chi connectivity index (χ1) is 12.7. The number of sulfone groups is 1. The lowest BCUT2D eigenvalue weighted by Gasteiger charge is -2.38. The maximum Gasteiger partial charge on any atom is 0.253 e. The van der Waals surface area contributed by atoms with Gasteiger partial charge >= 0.3 is 0 Å². The van der Waals surface area contributed by atoms with E-state index in [0.29, 0.717) is 26.1 Å². The number of rotatable bonds is 4. The summed E-state index contributed by atoms with van der Waals surface area (Å²) in [4.78, 5) is 13.1. The van der Waals surface area contributed by atoms with Gasteiger partial charge in [-0.3, -0.25) is 4.79 Å². The zero-order chi connectivity index (χ0) is 19.7. The van der Waals surface area contributed by atoms with Crippen molar-refractivity contribution < 1.29 is 17.9 Å². The molecule has 1 fully saturated rings. The summed E-state index contributed by atoms with van der Waals surface area (Å²) in [6.07, 6.45) is 2.32. The Hall–Kier alpha value is -1.41. The predicted molar refractivity (Wildman–Crippen MR) is 108 cm³/mol. The van der Waals surface area contributed by atoms with Gasteiger partial charge in [-0.05, 0) is 48.7 Å². The SMILES string of the molecule is CS(=O)(=O)c1ccc(Cl)c(C(=O)NC2(c3cccc(Br)c3)CCOCC2)c1. The summed E-state index contributed by atoms with van der Waals surface area (Å²) in [5, 5.41) is 3.30. The van der Waals surface area contributed by atoms with E-state index in [4.69, 9.17) is 16.3 Å². The van der Waals surface area contributed by atoms with Gasteiger partial charge in [0, 0.05) is 23.9 Å². The summed E-state index contributed by atoms with van der Waals surface area (Å²) in [6.45, 7) is 1.04. The van der Waals surface area contributed by atoms with Gasteiger partial charge in [-0.25, -0.2) is 8.42 Å². The molecule has 27 heavy (non-hydrogen) atoms. The van der Waals surface area contributed by atoms with Crippen LogP contribution in [0.2, 0.25) is 5.02 Å². The molecule has 0 saturated carbocycles. The first kappa shape index (κ1) is 20.3. The van der Waals surface area contributed by atoms with E-state index in [1.54, 1.807) is 0 Å². The predicted octanol–water partition coefficient (Wildman–Crippen LogP) is 3.94. The number of carbonyl (C=O) groups excluding carboxylic acids is 1. The fourth-order valence-corrected chi connectivity index (χ4v) is 4.44. The third-order valence-electron chi connectivity index (χ3n) is 4.69. The number of carbonyl (C=O) groups is 1. The molecule has 1 aliphatic rings. The number of hydrogen-bond donors (Lipinski definition) is 1. The molecule has 1 aliphatic heterocycles. The van der Waals surface area contributed by atoms with Crippen LogP contribution in [-0.2, 0) is 20.1 Å². The van der Waals surface area contributed by atoms with Gasteiger partial charge in [0.05, 0.1) is 21.0 Å². The Kier molecular flexibility index (Phi) is 5.96. The quantitative estimate of drug-likeness (QED) is 0.731. The number of hydrogen-bond acceptors (Lipinski definition) is 4. The van der Waals surface area contributed by atoms with E-state index in [2.05, 4.69) is 21.2 Å². The second-order valence-electron chi connectivity index (χ2n) is 6.57. The minimum absolute atomic E-state index is 0.0560. The normalized spacial score (nSPS) is 16.7. The molecule has 0 radical (unpaired) electrons. The summed E-state index contributed by atoms with van der Waals surface area (Å²) in [6, 6.07) is 11.9. The highest BCUT2D eigenvalue weighted by Gasteiger charge is 2.36. The Balaban J connectivity index is 1.99. The fraction of sp³-hybridized carbons (Fsp3) is 0.316. The van der Waals surface area contributed by atoms with Crippen LogP contribution in [0.25, 0.3) is 0 Å². The molecule has 1 heterocycles. The molecule has 144 valence electrons. The lowest BCUT2D eigenvalue weighted by Crippen LogP contribution is -2.49. The first-order valence-corrected chi connectivity index (χ1v) is 11.4. The number of amides is 1. The van der Waals surface area contributed by atoms with Crippen LogP contribution < -0.4 is 5.32 Å². The Bertz CT molecular complexity index is 971. The van der Waals surface area contributed by atoms with E-state index in [1.807, 2.05) is 24.3 Å². The number of nitrogens with one attached hydrogen (secondary N) is 1. The van der Waals surface area contributed by atoms with Crippen LogP contribution in [0.4, 0.5) is 0 Å². The molecule has 2 aromatic carbocycles. The lowest BCUT2D eigenvalue weighted by molar-refractivity contribution is 0.0345. The molecule has 3 rings (SSSR count). The van der Waals surface area contributed by atoms with Crippen molar-refractivity contribution in [2.24, 2.45) is 0 Å². The minimum atomic E-state index is -3.45. The van der Waals surface area contributed by atoms with Crippen molar-refractivity contribution in [1.82, 2.24) is 5.32 Å². The molecule has 8 heteroatoms. The highest BCUT2D eigenvalue weighted by atomic mass is 79.9. The summed E-state index contributed by atoms with van der Waals surface area (Å²) < 4.78 is 30.1. The van der Waals surface area contributed by atoms with Gasteiger partial charge in [0.15, 0.2) is 9.84 Å². The Morgan fingerprint density at radius 1 is 1.19 bits per heavy atom. The Morgan fingerprint density at radius 2 is 1.89 bits per heavy atom. The standard InChI is InChI=1S/C19H19BrClNO4S/c1-27(24,25)15-5-6-17(21)16(12-15)18(23)22-19(7-9-26-10-8-19)13-3-2-4-14(20)11-13/h2-6,11-12H,7-10H2,1H3,(H,22,23). The highest BCUT2D eigenvalue weighted by molar-refractivity contribution is 9.10. The van der Waals surface area contributed by atoms with E-state index in [-0.39, 0.29) is 15.5 Å². The van der Waals surface area contributed by atoms with Gasteiger partial charge < -0.3 is 10.1 Å². The minimum Gasteiger partial charge on any atom is -0.381 e. The smallest absolute Gasteiger partial charge is 0.253 e. The van der Waals surface area contributed by atoms with Crippen molar-refractivity contribution in [1.29, 1.82) is 0 Å². The van der Waals surface area contributed by atoms with Crippen molar-refractivity contribution in [2.45, 2.75) is 23.3 Å². The highest BCUT2D eigenvalue weighted by Crippen LogP contribution is 2.34. The topological polar surface area (TPSA) is 72.5 Å². The molecule has 1 amide bonds. The van der Waals surface area contributed by atoms with Gasteiger partial charge in [0.1, 0.15) is 0 Å².